The molecule has 1 N–H and O–H groups in total. The van der Waals surface area contributed by atoms with Crippen LogP contribution in [0.5, 0.6) is 0 Å². The molecule has 2 rings (SSSR count). The van der Waals surface area contributed by atoms with Crippen LogP contribution in [0.3, 0.4) is 0 Å². The molecule has 10 heavy (non-hydrogen) atoms. The van der Waals surface area contributed by atoms with E-state index in [0.29, 0.717) is 0 Å². The standard InChI is InChI=1S/C7H14N2S/c10-9-4-2-7-6(5-9)1-3-8-7/h6-8,10H,1-5H2. The molecule has 2 nitrogen and oxygen atoms in total. The lowest BCUT2D eigenvalue weighted by Gasteiger charge is -2.30. The molecule has 2 fully saturated rings. The fourth-order valence-corrected chi connectivity index (χ4v) is 2.35. The minimum absolute atomic E-state index is 0.809. The van der Waals surface area contributed by atoms with Crippen LogP contribution in [-0.4, -0.2) is 30.0 Å². The van der Waals surface area contributed by atoms with Gasteiger partial charge in [0.05, 0.1) is 0 Å². The minimum atomic E-state index is 0.809. The lowest BCUT2D eigenvalue weighted by Crippen LogP contribution is -2.40. The monoisotopic (exact) mass is 158 g/mol. The number of fused-ring (bicyclic) bond motifs is 1. The van der Waals surface area contributed by atoms with Crippen molar-refractivity contribution in [2.75, 3.05) is 19.6 Å². The molecule has 0 bridgehead atoms. The van der Waals surface area contributed by atoms with E-state index in [-0.39, 0.29) is 0 Å². The summed E-state index contributed by atoms with van der Waals surface area (Å²) in [5.41, 5.74) is 0. The highest BCUT2D eigenvalue weighted by molar-refractivity contribution is 7.77. The molecule has 2 aliphatic rings. The van der Waals surface area contributed by atoms with E-state index in [1.807, 2.05) is 0 Å². The summed E-state index contributed by atoms with van der Waals surface area (Å²) in [5.74, 6) is 0.881. The number of rotatable bonds is 0. The Morgan fingerprint density at radius 3 is 3.20 bits per heavy atom. The molecule has 2 saturated heterocycles. The van der Waals surface area contributed by atoms with Gasteiger partial charge in [0.1, 0.15) is 0 Å². The molecule has 0 radical (unpaired) electrons. The zero-order chi connectivity index (χ0) is 6.97. The topological polar surface area (TPSA) is 15.3 Å². The highest BCUT2D eigenvalue weighted by Crippen LogP contribution is 2.24. The van der Waals surface area contributed by atoms with Gasteiger partial charge in [-0.1, -0.05) is 12.8 Å². The average Bonchev–Trinajstić information content (AvgIpc) is 2.33. The largest absolute Gasteiger partial charge is 0.314 e. The molecule has 2 aliphatic heterocycles. The summed E-state index contributed by atoms with van der Waals surface area (Å²) in [6, 6.07) is 0.809. The summed E-state index contributed by atoms with van der Waals surface area (Å²) >= 11 is 4.35. The van der Waals surface area contributed by atoms with Crippen LogP contribution in [0.15, 0.2) is 0 Å². The van der Waals surface area contributed by atoms with Crippen LogP contribution in [-0.2, 0) is 0 Å². The van der Waals surface area contributed by atoms with Crippen molar-refractivity contribution in [3.05, 3.63) is 0 Å². The first kappa shape index (κ1) is 6.95. The molecule has 2 heterocycles. The van der Waals surface area contributed by atoms with Crippen LogP contribution < -0.4 is 5.32 Å². The maximum absolute atomic E-state index is 4.35. The predicted molar refractivity (Wildman–Crippen MR) is 45.1 cm³/mol. The van der Waals surface area contributed by atoms with Gasteiger partial charge in [-0.05, 0) is 25.3 Å². The molecule has 3 heteroatoms. The molecule has 58 valence electrons. The van der Waals surface area contributed by atoms with Gasteiger partial charge < -0.3 is 5.32 Å². The molecule has 0 spiro atoms. The third-order valence-electron chi connectivity index (χ3n) is 2.63. The van der Waals surface area contributed by atoms with Crippen molar-refractivity contribution in [1.82, 2.24) is 9.62 Å². The zero-order valence-electron chi connectivity index (χ0n) is 6.08. The SMILES string of the molecule is SN1CCC2NCCC2C1. The molecule has 0 aromatic carbocycles. The van der Waals surface area contributed by atoms with E-state index >= 15 is 0 Å². The lowest BCUT2D eigenvalue weighted by molar-refractivity contribution is 0.265. The number of nitrogens with one attached hydrogen (secondary N) is 1. The van der Waals surface area contributed by atoms with Gasteiger partial charge in [0.15, 0.2) is 0 Å². The van der Waals surface area contributed by atoms with Crippen molar-refractivity contribution in [1.29, 1.82) is 0 Å². The van der Waals surface area contributed by atoms with Gasteiger partial charge in [-0.25, -0.2) is 0 Å². The first-order chi connectivity index (χ1) is 4.86. The fraction of sp³-hybridized carbons (Fsp3) is 1.00. The summed E-state index contributed by atoms with van der Waals surface area (Å²) < 4.78 is 2.15. The van der Waals surface area contributed by atoms with Gasteiger partial charge in [0.2, 0.25) is 0 Å². The maximum Gasteiger partial charge on any atom is 0.0131 e. The predicted octanol–water partition coefficient (Wildman–Crippen LogP) is 0.515. The molecule has 2 atom stereocenters. The molecular weight excluding hydrogens is 144 g/mol. The molecule has 0 amide bonds. The summed E-state index contributed by atoms with van der Waals surface area (Å²) in [6.45, 7) is 3.55. The third kappa shape index (κ3) is 1.18. The number of piperidine rings is 1. The van der Waals surface area contributed by atoms with E-state index in [1.165, 1.54) is 25.9 Å². The summed E-state index contributed by atoms with van der Waals surface area (Å²) in [5, 5.41) is 3.52. The van der Waals surface area contributed by atoms with E-state index in [9.17, 15) is 0 Å². The number of thiol groups is 1. The van der Waals surface area contributed by atoms with Gasteiger partial charge in [0.25, 0.3) is 0 Å². The molecule has 2 unspecified atom stereocenters. The van der Waals surface area contributed by atoms with Crippen molar-refractivity contribution in [3.8, 4) is 0 Å². The van der Waals surface area contributed by atoms with E-state index < -0.39 is 0 Å². The Bertz CT molecular complexity index is 129. The Hall–Kier alpha value is 0.270. The van der Waals surface area contributed by atoms with Gasteiger partial charge in [-0.2, -0.15) is 0 Å². The quantitative estimate of drug-likeness (QED) is 0.500. The third-order valence-corrected chi connectivity index (χ3v) is 3.00. The van der Waals surface area contributed by atoms with E-state index in [0.717, 1.165) is 18.5 Å². The Balaban J connectivity index is 1.96. The second kappa shape index (κ2) is 2.72. The van der Waals surface area contributed by atoms with E-state index in [1.54, 1.807) is 0 Å². The van der Waals surface area contributed by atoms with Crippen LogP contribution >= 0.6 is 12.8 Å². The van der Waals surface area contributed by atoms with Crippen molar-refractivity contribution >= 4 is 12.8 Å². The summed E-state index contributed by atoms with van der Waals surface area (Å²) in [4.78, 5) is 0. The highest BCUT2D eigenvalue weighted by Gasteiger charge is 2.31. The second-order valence-corrected chi connectivity index (χ2v) is 3.88. The number of nitrogens with zero attached hydrogens (tertiary/aromatic N) is 1. The molecule has 0 aromatic heterocycles. The Morgan fingerprint density at radius 2 is 2.30 bits per heavy atom. The van der Waals surface area contributed by atoms with Crippen LogP contribution in [0, 0.1) is 5.92 Å². The Morgan fingerprint density at radius 1 is 1.40 bits per heavy atom. The van der Waals surface area contributed by atoms with Gasteiger partial charge in [0, 0.05) is 19.1 Å². The van der Waals surface area contributed by atoms with Gasteiger partial charge >= 0.3 is 0 Å². The molecular formula is C7H14N2S. The number of hydrogen-bond acceptors (Lipinski definition) is 3. The van der Waals surface area contributed by atoms with E-state index in [4.69, 9.17) is 0 Å². The normalized spacial score (nSPS) is 41.7. The Labute approximate surface area is 67.5 Å². The molecule has 0 aliphatic carbocycles. The van der Waals surface area contributed by atoms with Gasteiger partial charge in [-0.15, -0.1) is 0 Å². The van der Waals surface area contributed by atoms with Crippen molar-refractivity contribution in [2.24, 2.45) is 5.92 Å². The highest BCUT2D eigenvalue weighted by atomic mass is 32.1. The molecule has 0 saturated carbocycles. The number of hydrogen-bond donors (Lipinski definition) is 2. The minimum Gasteiger partial charge on any atom is -0.314 e. The van der Waals surface area contributed by atoms with Crippen LogP contribution in [0.1, 0.15) is 12.8 Å². The summed E-state index contributed by atoms with van der Waals surface area (Å²) in [6.07, 6.45) is 2.63. The Kier molecular flexibility index (Phi) is 1.89. The van der Waals surface area contributed by atoms with Crippen molar-refractivity contribution in [3.63, 3.8) is 0 Å². The van der Waals surface area contributed by atoms with Gasteiger partial charge in [-0.3, -0.25) is 4.31 Å². The lowest BCUT2D eigenvalue weighted by atomic mass is 9.95. The summed E-state index contributed by atoms with van der Waals surface area (Å²) in [7, 11) is 0. The van der Waals surface area contributed by atoms with Crippen molar-refractivity contribution in [2.45, 2.75) is 18.9 Å². The first-order valence-corrected chi connectivity index (χ1v) is 4.43. The fourth-order valence-electron chi connectivity index (χ4n) is 2.03. The van der Waals surface area contributed by atoms with Crippen molar-refractivity contribution < 1.29 is 0 Å². The van der Waals surface area contributed by atoms with Crippen LogP contribution in [0.25, 0.3) is 0 Å². The first-order valence-electron chi connectivity index (χ1n) is 4.03. The van der Waals surface area contributed by atoms with Crippen LogP contribution in [0.4, 0.5) is 0 Å². The maximum atomic E-state index is 4.35. The van der Waals surface area contributed by atoms with E-state index in [2.05, 4.69) is 22.4 Å². The zero-order valence-corrected chi connectivity index (χ0v) is 6.98. The smallest absolute Gasteiger partial charge is 0.0131 e. The average molecular weight is 158 g/mol. The molecule has 0 aromatic rings. The second-order valence-electron chi connectivity index (χ2n) is 3.31. The van der Waals surface area contributed by atoms with Crippen LogP contribution in [0.2, 0.25) is 0 Å².